The number of amides is 1. The van der Waals surface area contributed by atoms with Crippen LogP contribution in [0.2, 0.25) is 0 Å². The van der Waals surface area contributed by atoms with Crippen LogP contribution in [0.5, 0.6) is 0 Å². The van der Waals surface area contributed by atoms with Crippen molar-refractivity contribution in [2.24, 2.45) is 0 Å². The Morgan fingerprint density at radius 3 is 2.62 bits per heavy atom. The molecule has 0 radical (unpaired) electrons. The zero-order chi connectivity index (χ0) is 17.3. The molecule has 0 aromatic heterocycles. The standard InChI is InChI=1S/C18H22BrNO4/c1-3-13-16(24-13)18(19)15(12-8-6-5-7-9-12)20(17(18)22)11-10-14(21)23-4-2/h5-9,13,15-16H,3-4,10-11H2,1-2H3/t13-,15-,16+,18-/m0/s1. The molecular weight excluding hydrogens is 374 g/mol. The molecule has 1 aromatic rings. The topological polar surface area (TPSA) is 59.1 Å². The molecule has 0 unspecified atom stereocenters. The average Bonchev–Trinajstić information content (AvgIpc) is 3.38. The Morgan fingerprint density at radius 2 is 2.04 bits per heavy atom. The van der Waals surface area contributed by atoms with E-state index >= 15 is 0 Å². The Kier molecular flexibility index (Phi) is 4.97. The summed E-state index contributed by atoms with van der Waals surface area (Å²) in [6.45, 7) is 4.54. The highest BCUT2D eigenvalue weighted by molar-refractivity contribution is 9.10. The van der Waals surface area contributed by atoms with E-state index in [1.165, 1.54) is 0 Å². The van der Waals surface area contributed by atoms with Gasteiger partial charge in [0.25, 0.3) is 0 Å². The molecule has 3 rings (SSSR count). The van der Waals surface area contributed by atoms with Crippen LogP contribution in [0, 0.1) is 0 Å². The first-order valence-electron chi connectivity index (χ1n) is 8.40. The number of carbonyl (C=O) groups excluding carboxylic acids is 2. The van der Waals surface area contributed by atoms with E-state index in [2.05, 4.69) is 22.9 Å². The summed E-state index contributed by atoms with van der Waals surface area (Å²) in [5, 5.41) is 0. The SMILES string of the molecule is CCOC(=O)CCN1C(=O)[C@@](Br)([C@@H]2O[C@H]2CC)[C@@H]1c1ccccc1. The maximum Gasteiger partial charge on any atom is 0.307 e. The Morgan fingerprint density at radius 1 is 1.33 bits per heavy atom. The molecule has 130 valence electrons. The molecule has 2 aliphatic rings. The quantitative estimate of drug-likeness (QED) is 0.308. The van der Waals surface area contributed by atoms with Gasteiger partial charge in [-0.05, 0) is 18.9 Å². The highest BCUT2D eigenvalue weighted by atomic mass is 79.9. The predicted octanol–water partition coefficient (Wildman–Crippen LogP) is 2.83. The van der Waals surface area contributed by atoms with Crippen LogP contribution in [0.3, 0.4) is 0 Å². The van der Waals surface area contributed by atoms with Crippen molar-refractivity contribution in [2.45, 2.75) is 49.3 Å². The number of ether oxygens (including phenoxy) is 2. The van der Waals surface area contributed by atoms with Crippen molar-refractivity contribution in [3.63, 3.8) is 0 Å². The number of rotatable bonds is 7. The number of β-lactam (4-membered cyclic amide) rings is 1. The van der Waals surface area contributed by atoms with E-state index < -0.39 is 4.32 Å². The molecule has 0 bridgehead atoms. The van der Waals surface area contributed by atoms with Gasteiger partial charge in [-0.3, -0.25) is 9.59 Å². The van der Waals surface area contributed by atoms with Gasteiger partial charge in [-0.1, -0.05) is 53.2 Å². The highest BCUT2D eigenvalue weighted by Gasteiger charge is 2.70. The van der Waals surface area contributed by atoms with E-state index in [0.29, 0.717) is 13.2 Å². The van der Waals surface area contributed by atoms with E-state index in [0.717, 1.165) is 12.0 Å². The van der Waals surface area contributed by atoms with Crippen LogP contribution in [-0.2, 0) is 19.1 Å². The Balaban J connectivity index is 1.79. The zero-order valence-corrected chi connectivity index (χ0v) is 15.5. The molecule has 0 spiro atoms. The number of benzene rings is 1. The number of hydrogen-bond donors (Lipinski definition) is 0. The molecule has 2 aliphatic heterocycles. The second-order valence-corrected chi connectivity index (χ2v) is 7.45. The summed E-state index contributed by atoms with van der Waals surface area (Å²) >= 11 is 3.69. The highest BCUT2D eigenvalue weighted by Crippen LogP contribution is 2.57. The fourth-order valence-electron chi connectivity index (χ4n) is 3.45. The third-order valence-electron chi connectivity index (χ3n) is 4.67. The first-order valence-corrected chi connectivity index (χ1v) is 9.19. The van der Waals surface area contributed by atoms with Gasteiger partial charge in [0.1, 0.15) is 6.10 Å². The van der Waals surface area contributed by atoms with Crippen molar-refractivity contribution in [1.82, 2.24) is 4.90 Å². The smallest absolute Gasteiger partial charge is 0.307 e. The average molecular weight is 396 g/mol. The predicted molar refractivity (Wildman–Crippen MR) is 92.8 cm³/mol. The molecule has 1 aromatic carbocycles. The number of hydrogen-bond acceptors (Lipinski definition) is 4. The Labute approximate surface area is 150 Å². The molecule has 2 fully saturated rings. The third kappa shape index (κ3) is 2.86. The molecule has 2 saturated heterocycles. The summed E-state index contributed by atoms with van der Waals surface area (Å²) < 4.78 is 9.96. The third-order valence-corrected chi connectivity index (χ3v) is 5.90. The number of halogens is 1. The maximum atomic E-state index is 12.8. The van der Waals surface area contributed by atoms with Crippen molar-refractivity contribution in [1.29, 1.82) is 0 Å². The molecule has 0 N–H and O–H groups in total. The number of likely N-dealkylation sites (tertiary alicyclic amines) is 1. The zero-order valence-electron chi connectivity index (χ0n) is 13.9. The Bertz CT molecular complexity index is 623. The molecule has 24 heavy (non-hydrogen) atoms. The summed E-state index contributed by atoms with van der Waals surface area (Å²) in [5.74, 6) is -0.292. The first-order chi connectivity index (χ1) is 11.5. The van der Waals surface area contributed by atoms with Crippen molar-refractivity contribution < 1.29 is 19.1 Å². The van der Waals surface area contributed by atoms with Crippen molar-refractivity contribution >= 4 is 27.8 Å². The van der Waals surface area contributed by atoms with Gasteiger partial charge >= 0.3 is 5.97 Å². The molecule has 5 nitrogen and oxygen atoms in total. The monoisotopic (exact) mass is 395 g/mol. The fraction of sp³-hybridized carbons (Fsp3) is 0.556. The van der Waals surface area contributed by atoms with E-state index in [9.17, 15) is 9.59 Å². The number of epoxide rings is 1. The lowest BCUT2D eigenvalue weighted by Gasteiger charge is -2.53. The van der Waals surface area contributed by atoms with Crippen LogP contribution in [0.1, 0.15) is 38.3 Å². The van der Waals surface area contributed by atoms with Gasteiger partial charge < -0.3 is 14.4 Å². The number of carbonyl (C=O) groups is 2. The number of nitrogens with zero attached hydrogens (tertiary/aromatic N) is 1. The lowest BCUT2D eigenvalue weighted by atomic mass is 9.78. The van der Waals surface area contributed by atoms with Crippen LogP contribution in [0.25, 0.3) is 0 Å². The van der Waals surface area contributed by atoms with E-state index in [4.69, 9.17) is 9.47 Å². The van der Waals surface area contributed by atoms with Crippen molar-refractivity contribution in [3.8, 4) is 0 Å². The minimum Gasteiger partial charge on any atom is -0.466 e. The van der Waals surface area contributed by atoms with Crippen LogP contribution in [0.4, 0.5) is 0 Å². The second-order valence-electron chi connectivity index (χ2n) is 6.14. The van der Waals surface area contributed by atoms with E-state index in [1.807, 2.05) is 30.3 Å². The summed E-state index contributed by atoms with van der Waals surface area (Å²) in [7, 11) is 0. The van der Waals surface area contributed by atoms with Gasteiger partial charge in [-0.25, -0.2) is 0 Å². The van der Waals surface area contributed by atoms with E-state index in [-0.39, 0.29) is 36.5 Å². The van der Waals surface area contributed by atoms with Crippen LogP contribution < -0.4 is 0 Å². The van der Waals surface area contributed by atoms with Crippen LogP contribution >= 0.6 is 15.9 Å². The normalized spacial score (nSPS) is 31.5. The van der Waals surface area contributed by atoms with Gasteiger partial charge in [0.05, 0.1) is 25.2 Å². The maximum absolute atomic E-state index is 12.8. The van der Waals surface area contributed by atoms with Gasteiger partial charge in [-0.15, -0.1) is 0 Å². The van der Waals surface area contributed by atoms with Crippen LogP contribution in [0.15, 0.2) is 30.3 Å². The van der Waals surface area contributed by atoms with Crippen LogP contribution in [-0.4, -0.2) is 46.5 Å². The largest absolute Gasteiger partial charge is 0.466 e. The van der Waals surface area contributed by atoms with Crippen molar-refractivity contribution in [3.05, 3.63) is 35.9 Å². The van der Waals surface area contributed by atoms with Gasteiger partial charge in [0.15, 0.2) is 4.32 Å². The summed E-state index contributed by atoms with van der Waals surface area (Å²) in [6, 6.07) is 9.75. The second kappa shape index (κ2) is 6.84. The number of esters is 1. The lowest BCUT2D eigenvalue weighted by Crippen LogP contribution is -2.68. The summed E-state index contributed by atoms with van der Waals surface area (Å²) in [6.07, 6.45) is 1.09. The fourth-order valence-corrected chi connectivity index (χ4v) is 4.59. The molecule has 1 amide bonds. The summed E-state index contributed by atoms with van der Waals surface area (Å²) in [5.41, 5.74) is 1.04. The Hall–Kier alpha value is -1.40. The minimum absolute atomic E-state index is 0.0124. The molecule has 4 atom stereocenters. The van der Waals surface area contributed by atoms with Gasteiger partial charge in [-0.2, -0.15) is 0 Å². The first kappa shape index (κ1) is 17.4. The molecule has 2 heterocycles. The summed E-state index contributed by atoms with van der Waals surface area (Å²) in [4.78, 5) is 26.2. The van der Waals surface area contributed by atoms with Crippen molar-refractivity contribution in [2.75, 3.05) is 13.2 Å². The minimum atomic E-state index is -0.732. The molecule has 6 heteroatoms. The molecular formula is C18H22BrNO4. The van der Waals surface area contributed by atoms with Gasteiger partial charge in [0, 0.05) is 6.54 Å². The molecule has 0 saturated carbocycles. The lowest BCUT2D eigenvalue weighted by molar-refractivity contribution is -0.155. The van der Waals surface area contributed by atoms with Gasteiger partial charge in [0.2, 0.25) is 5.91 Å². The van der Waals surface area contributed by atoms with E-state index in [1.54, 1.807) is 11.8 Å². The number of alkyl halides is 1. The molecule has 0 aliphatic carbocycles.